The van der Waals surface area contributed by atoms with Crippen LogP contribution in [0, 0.1) is 0 Å². The summed E-state index contributed by atoms with van der Waals surface area (Å²) in [4.78, 5) is 29.7. The Kier molecular flexibility index (Phi) is 7.18. The predicted molar refractivity (Wildman–Crippen MR) is 146 cm³/mol. The van der Waals surface area contributed by atoms with Crippen LogP contribution in [0.4, 0.5) is 0 Å². The lowest BCUT2D eigenvalue weighted by Gasteiger charge is -2.45. The number of aryl methyl sites for hydroxylation is 1. The third-order valence-electron chi connectivity index (χ3n) is 8.21. The molecule has 1 saturated carbocycles. The Morgan fingerprint density at radius 2 is 1.78 bits per heavy atom. The number of hydrogen-bond acceptors (Lipinski definition) is 3. The molecule has 0 radical (unpaired) electrons. The minimum absolute atomic E-state index is 0.0805. The Bertz CT molecular complexity index is 1240. The third-order valence-corrected chi connectivity index (χ3v) is 8.21. The molecule has 5 rings (SSSR count). The van der Waals surface area contributed by atoms with E-state index in [4.69, 9.17) is 5.10 Å². The molecule has 6 nitrogen and oxygen atoms in total. The zero-order valence-electron chi connectivity index (χ0n) is 22.2. The lowest BCUT2D eigenvalue weighted by atomic mass is 9.90. The monoisotopic (exact) mass is 498 g/mol. The van der Waals surface area contributed by atoms with Crippen molar-refractivity contribution in [3.05, 3.63) is 77.5 Å². The lowest BCUT2D eigenvalue weighted by Crippen LogP contribution is -2.65. The molecule has 2 aliphatic rings. The highest BCUT2D eigenvalue weighted by molar-refractivity contribution is 6.00. The summed E-state index contributed by atoms with van der Waals surface area (Å²) in [5.41, 5.74) is 3.67. The van der Waals surface area contributed by atoms with Gasteiger partial charge in [0.2, 0.25) is 5.91 Å². The molecule has 0 spiro atoms. The van der Waals surface area contributed by atoms with Crippen molar-refractivity contribution in [2.45, 2.75) is 83.3 Å². The molecule has 2 heterocycles. The van der Waals surface area contributed by atoms with Crippen LogP contribution in [-0.2, 0) is 17.8 Å². The fourth-order valence-corrected chi connectivity index (χ4v) is 5.73. The maximum Gasteiger partial charge on any atom is 0.273 e. The van der Waals surface area contributed by atoms with Gasteiger partial charge in [-0.15, -0.1) is 0 Å². The van der Waals surface area contributed by atoms with Gasteiger partial charge in [0.15, 0.2) is 0 Å². The van der Waals surface area contributed by atoms with Crippen LogP contribution in [0.3, 0.4) is 0 Å². The Morgan fingerprint density at radius 1 is 1.08 bits per heavy atom. The Balaban J connectivity index is 1.48. The number of carbonyl (C=O) groups is 2. The number of nitrogens with zero attached hydrogens (tertiary/aromatic N) is 3. The van der Waals surface area contributed by atoms with Crippen LogP contribution < -0.4 is 5.32 Å². The highest BCUT2D eigenvalue weighted by atomic mass is 16.2. The van der Waals surface area contributed by atoms with Crippen LogP contribution in [0.2, 0.25) is 0 Å². The van der Waals surface area contributed by atoms with E-state index in [1.54, 1.807) is 9.58 Å². The lowest BCUT2D eigenvalue weighted by molar-refractivity contribution is -0.134. The van der Waals surface area contributed by atoms with Crippen molar-refractivity contribution >= 4 is 11.8 Å². The summed E-state index contributed by atoms with van der Waals surface area (Å²) in [6.45, 7) is 6.95. The van der Waals surface area contributed by atoms with Gasteiger partial charge in [-0.3, -0.25) is 14.3 Å². The van der Waals surface area contributed by atoms with Crippen LogP contribution in [-0.4, -0.2) is 44.6 Å². The maximum atomic E-state index is 14.0. The molecule has 6 heteroatoms. The summed E-state index contributed by atoms with van der Waals surface area (Å²) in [5.74, 6) is -0.134. The second-order valence-electron chi connectivity index (χ2n) is 10.9. The summed E-state index contributed by atoms with van der Waals surface area (Å²) in [7, 11) is 0. The van der Waals surface area contributed by atoms with E-state index >= 15 is 0 Å². The van der Waals surface area contributed by atoms with Crippen molar-refractivity contribution in [1.82, 2.24) is 20.0 Å². The van der Waals surface area contributed by atoms with E-state index in [1.165, 1.54) is 12.0 Å². The van der Waals surface area contributed by atoms with E-state index in [0.717, 1.165) is 48.9 Å². The van der Waals surface area contributed by atoms with Crippen LogP contribution in [0.5, 0.6) is 0 Å². The molecule has 37 heavy (non-hydrogen) atoms. The van der Waals surface area contributed by atoms with Crippen molar-refractivity contribution in [2.24, 2.45) is 0 Å². The molecule has 2 atom stereocenters. The van der Waals surface area contributed by atoms with Crippen LogP contribution in [0.15, 0.2) is 60.7 Å². The van der Waals surface area contributed by atoms with Gasteiger partial charge in [0.1, 0.15) is 11.2 Å². The van der Waals surface area contributed by atoms with Crippen molar-refractivity contribution in [3.8, 4) is 11.3 Å². The normalized spacial score (nSPS) is 20.9. The first-order valence-corrected chi connectivity index (χ1v) is 13.7. The van der Waals surface area contributed by atoms with Gasteiger partial charge in [-0.2, -0.15) is 5.10 Å². The van der Waals surface area contributed by atoms with Crippen molar-refractivity contribution < 1.29 is 9.59 Å². The molecule has 2 amide bonds. The molecule has 0 bridgehead atoms. The highest BCUT2D eigenvalue weighted by Crippen LogP contribution is 2.33. The summed E-state index contributed by atoms with van der Waals surface area (Å²) >= 11 is 0. The Hall–Kier alpha value is -3.41. The maximum absolute atomic E-state index is 14.0. The van der Waals surface area contributed by atoms with Crippen molar-refractivity contribution in [1.29, 1.82) is 0 Å². The fraction of sp³-hybridized carbons (Fsp3) is 0.452. The van der Waals surface area contributed by atoms with E-state index in [9.17, 15) is 9.59 Å². The number of rotatable bonds is 7. The van der Waals surface area contributed by atoms with E-state index in [0.29, 0.717) is 18.8 Å². The molecule has 1 aliphatic carbocycles. The average Bonchev–Trinajstić information content (AvgIpc) is 3.36. The molecule has 1 N–H and O–H groups in total. The second-order valence-corrected chi connectivity index (χ2v) is 10.9. The van der Waals surface area contributed by atoms with Crippen LogP contribution >= 0.6 is 0 Å². The second kappa shape index (κ2) is 10.5. The topological polar surface area (TPSA) is 67.2 Å². The number of hydrogen-bond donors (Lipinski definition) is 1. The molecule has 1 aromatic heterocycles. The first-order valence-electron chi connectivity index (χ1n) is 13.7. The first kappa shape index (κ1) is 25.2. The van der Waals surface area contributed by atoms with Crippen LogP contribution in [0.1, 0.15) is 80.4 Å². The standard InChI is InChI=1S/C31H38N4O2/c1-4-23-15-17-25(18-16-23)27-19-28-29(36)34(20-22(2)24-11-7-5-8-12-24)31(3,21-35(28)33-27)30(37)32-26-13-9-6-10-14-26/h5,7-8,11-12,15-19,22,26H,4,6,9-10,13-14,20-21H2,1-3H3,(H,32,37)/t22-,31-/m0/s1. The summed E-state index contributed by atoms with van der Waals surface area (Å²) in [6, 6.07) is 20.6. The van der Waals surface area contributed by atoms with E-state index in [2.05, 4.69) is 55.6 Å². The molecule has 1 fully saturated rings. The van der Waals surface area contributed by atoms with Gasteiger partial charge >= 0.3 is 0 Å². The molecule has 194 valence electrons. The van der Waals surface area contributed by atoms with Gasteiger partial charge in [0.25, 0.3) is 5.91 Å². The third kappa shape index (κ3) is 5.07. The summed E-state index contributed by atoms with van der Waals surface area (Å²) < 4.78 is 1.75. The zero-order valence-corrected chi connectivity index (χ0v) is 22.2. The number of nitrogens with one attached hydrogen (secondary N) is 1. The number of fused-ring (bicyclic) bond motifs is 1. The Morgan fingerprint density at radius 3 is 2.46 bits per heavy atom. The average molecular weight is 499 g/mol. The van der Waals surface area contributed by atoms with Crippen LogP contribution in [0.25, 0.3) is 11.3 Å². The largest absolute Gasteiger partial charge is 0.351 e. The SMILES string of the molecule is CCc1ccc(-c2cc3n(n2)C[C@@](C)(C(=O)NC2CCCCC2)N(C[C@H](C)c2ccccc2)C3=O)cc1. The minimum Gasteiger partial charge on any atom is -0.351 e. The van der Waals surface area contributed by atoms with Gasteiger partial charge < -0.3 is 10.2 Å². The number of benzene rings is 2. The zero-order chi connectivity index (χ0) is 26.0. The number of amides is 2. The smallest absolute Gasteiger partial charge is 0.273 e. The quantitative estimate of drug-likeness (QED) is 0.462. The van der Waals surface area contributed by atoms with E-state index < -0.39 is 5.54 Å². The van der Waals surface area contributed by atoms with E-state index in [-0.39, 0.29) is 23.8 Å². The number of carbonyl (C=O) groups excluding carboxylic acids is 2. The molecular weight excluding hydrogens is 460 g/mol. The van der Waals surface area contributed by atoms with Gasteiger partial charge in [0, 0.05) is 18.2 Å². The van der Waals surface area contributed by atoms with Gasteiger partial charge in [-0.1, -0.05) is 87.7 Å². The summed E-state index contributed by atoms with van der Waals surface area (Å²) in [6.07, 6.45) is 6.48. The molecular formula is C31H38N4O2. The van der Waals surface area contributed by atoms with Crippen molar-refractivity contribution in [3.63, 3.8) is 0 Å². The minimum atomic E-state index is -1.03. The molecule has 0 saturated heterocycles. The van der Waals surface area contributed by atoms with Gasteiger partial charge in [-0.05, 0) is 49.3 Å². The molecule has 0 unspecified atom stereocenters. The molecule has 1 aliphatic heterocycles. The Labute approximate surface area is 220 Å². The summed E-state index contributed by atoms with van der Waals surface area (Å²) in [5, 5.41) is 8.11. The molecule has 3 aromatic rings. The first-order chi connectivity index (χ1) is 17.9. The van der Waals surface area contributed by atoms with Gasteiger partial charge in [-0.25, -0.2) is 0 Å². The highest BCUT2D eigenvalue weighted by Gasteiger charge is 2.48. The fourth-order valence-electron chi connectivity index (χ4n) is 5.73. The number of aromatic nitrogens is 2. The van der Waals surface area contributed by atoms with Crippen molar-refractivity contribution in [2.75, 3.05) is 6.54 Å². The molecule has 2 aromatic carbocycles. The predicted octanol–water partition coefficient (Wildman–Crippen LogP) is 5.58. The van der Waals surface area contributed by atoms with Gasteiger partial charge in [0.05, 0.1) is 12.2 Å². The van der Waals surface area contributed by atoms with E-state index in [1.807, 2.05) is 31.2 Å².